The summed E-state index contributed by atoms with van der Waals surface area (Å²) < 4.78 is 18.8. The van der Waals surface area contributed by atoms with Gasteiger partial charge in [-0.05, 0) is 63.9 Å². The van der Waals surface area contributed by atoms with Crippen LogP contribution < -0.4 is 4.90 Å². The molecule has 182 valence electrons. The van der Waals surface area contributed by atoms with Crippen LogP contribution in [0.25, 0.3) is 0 Å². The van der Waals surface area contributed by atoms with Crippen LogP contribution in [0.3, 0.4) is 0 Å². The van der Waals surface area contributed by atoms with Crippen molar-refractivity contribution in [2.45, 2.75) is 77.2 Å². The van der Waals surface area contributed by atoms with Gasteiger partial charge >= 0.3 is 5.97 Å². The number of aliphatic hydroxyl groups is 1. The number of carbonyl (C=O) groups excluding carboxylic acids is 2. The number of rotatable bonds is 8. The molecule has 0 spiro atoms. The highest BCUT2D eigenvalue weighted by Gasteiger charge is 2.39. The van der Waals surface area contributed by atoms with Crippen LogP contribution in [0.5, 0.6) is 0 Å². The number of Topliss-reactive ketones (excluding diaryl/α,β-unsaturated/α-hetero) is 1. The van der Waals surface area contributed by atoms with E-state index in [1.807, 2.05) is 18.2 Å². The van der Waals surface area contributed by atoms with Gasteiger partial charge in [0, 0.05) is 24.1 Å². The average Bonchev–Trinajstić information content (AvgIpc) is 3.05. The molecule has 34 heavy (non-hydrogen) atoms. The summed E-state index contributed by atoms with van der Waals surface area (Å²) in [7, 11) is 0. The lowest BCUT2D eigenvalue weighted by Gasteiger charge is -2.32. The van der Waals surface area contributed by atoms with Gasteiger partial charge in [-0.1, -0.05) is 42.5 Å². The Morgan fingerprint density at radius 3 is 2.38 bits per heavy atom. The van der Waals surface area contributed by atoms with Gasteiger partial charge in [0.15, 0.2) is 0 Å². The van der Waals surface area contributed by atoms with Crippen LogP contribution in [0.2, 0.25) is 0 Å². The predicted octanol–water partition coefficient (Wildman–Crippen LogP) is 5.16. The van der Waals surface area contributed by atoms with E-state index in [1.54, 1.807) is 39.0 Å². The molecule has 1 N–H and O–H groups in total. The van der Waals surface area contributed by atoms with Gasteiger partial charge in [-0.2, -0.15) is 0 Å². The minimum absolute atomic E-state index is 0.0554. The van der Waals surface area contributed by atoms with Gasteiger partial charge < -0.3 is 14.7 Å². The molecule has 0 radical (unpaired) electrons. The van der Waals surface area contributed by atoms with Crippen LogP contribution in [0.1, 0.15) is 64.5 Å². The molecule has 5 nitrogen and oxygen atoms in total. The van der Waals surface area contributed by atoms with Gasteiger partial charge in [0.2, 0.25) is 0 Å². The third-order valence-corrected chi connectivity index (χ3v) is 5.73. The monoisotopic (exact) mass is 467 g/mol. The van der Waals surface area contributed by atoms with E-state index in [-0.39, 0.29) is 42.4 Å². The maximum Gasteiger partial charge on any atom is 0.313 e. The van der Waals surface area contributed by atoms with Crippen LogP contribution in [0.15, 0.2) is 60.7 Å². The molecule has 0 bridgehead atoms. The van der Waals surface area contributed by atoms with Gasteiger partial charge in [0.05, 0.1) is 12.1 Å². The molecule has 3 atom stereocenters. The van der Waals surface area contributed by atoms with Crippen molar-refractivity contribution >= 4 is 17.4 Å². The fourth-order valence-electron chi connectivity index (χ4n) is 4.52. The van der Waals surface area contributed by atoms with Crippen molar-refractivity contribution in [3.05, 3.63) is 77.6 Å². The zero-order valence-corrected chi connectivity index (χ0v) is 20.5. The first-order valence-electron chi connectivity index (χ1n) is 11.7. The maximum absolute atomic E-state index is 13.6. The largest absolute Gasteiger partial charge is 0.460 e. The summed E-state index contributed by atoms with van der Waals surface area (Å²) in [4.78, 5) is 26.5. The number of anilines is 1. The first kappa shape index (κ1) is 25.6. The van der Waals surface area contributed by atoms with Crippen LogP contribution in [-0.4, -0.2) is 40.6 Å². The molecule has 1 heterocycles. The predicted molar refractivity (Wildman–Crippen MR) is 131 cm³/mol. The number of fused-ring (bicyclic) bond motifs is 1. The molecule has 0 amide bonds. The van der Waals surface area contributed by atoms with Crippen molar-refractivity contribution in [1.29, 1.82) is 0 Å². The molecule has 0 unspecified atom stereocenters. The first-order chi connectivity index (χ1) is 16.0. The number of esters is 1. The zero-order valence-electron chi connectivity index (χ0n) is 20.5. The highest BCUT2D eigenvalue weighted by molar-refractivity contribution is 5.95. The Bertz CT molecular complexity index is 1040. The zero-order chi connectivity index (χ0) is 25.0. The van der Waals surface area contributed by atoms with E-state index in [9.17, 15) is 19.1 Å². The second-order valence-electron chi connectivity index (χ2n) is 10.0. The minimum atomic E-state index is -1.03. The molecule has 1 aliphatic rings. The number of aliphatic hydroxyl groups excluding tert-OH is 1. The molecule has 2 aromatic carbocycles. The second kappa shape index (κ2) is 10.5. The van der Waals surface area contributed by atoms with Gasteiger partial charge in [-0.25, -0.2) is 4.39 Å². The van der Waals surface area contributed by atoms with Gasteiger partial charge in [-0.15, -0.1) is 0 Å². The van der Waals surface area contributed by atoms with Crippen molar-refractivity contribution in [2.75, 3.05) is 4.90 Å². The molecular weight excluding hydrogens is 433 g/mol. The SMILES string of the molecule is CC(C)N1c2ccccc2[C@H](c2ccc(F)cc2)[C@@H]1/C=C\[C@H](O)CC(=O)CC(=O)OC(C)(C)C. The summed E-state index contributed by atoms with van der Waals surface area (Å²) >= 11 is 0. The topological polar surface area (TPSA) is 66.8 Å². The van der Waals surface area contributed by atoms with E-state index in [0.29, 0.717) is 0 Å². The third kappa shape index (κ3) is 6.32. The standard InChI is InChI=1S/C28H34FNO4/c1-18(2)30-24-9-7-6-8-23(24)27(19-10-12-20(29)13-11-19)25(30)15-14-21(31)16-22(32)17-26(33)34-28(3,4)5/h6-15,18,21,25,27,31H,16-17H2,1-5H3/b15-14-/t21-,25-,27-/m0/s1. The van der Waals surface area contributed by atoms with Crippen LogP contribution in [0.4, 0.5) is 10.1 Å². The van der Waals surface area contributed by atoms with E-state index in [2.05, 4.69) is 30.9 Å². The van der Waals surface area contributed by atoms with Crippen molar-refractivity contribution in [3.8, 4) is 0 Å². The fourth-order valence-corrected chi connectivity index (χ4v) is 4.52. The molecule has 2 aromatic rings. The van der Waals surface area contributed by atoms with E-state index in [1.165, 1.54) is 12.1 Å². The van der Waals surface area contributed by atoms with Crippen molar-refractivity contribution < 1.29 is 23.8 Å². The normalized spacial score (nSPS) is 18.9. The van der Waals surface area contributed by atoms with Gasteiger partial charge in [-0.3, -0.25) is 9.59 Å². The lowest BCUT2D eigenvalue weighted by Crippen LogP contribution is -2.38. The van der Waals surface area contributed by atoms with Crippen molar-refractivity contribution in [3.63, 3.8) is 0 Å². The highest BCUT2D eigenvalue weighted by Crippen LogP contribution is 2.46. The Balaban J connectivity index is 1.80. The highest BCUT2D eigenvalue weighted by atomic mass is 19.1. The summed E-state index contributed by atoms with van der Waals surface area (Å²) in [6, 6.07) is 14.7. The number of nitrogens with zero attached hydrogens (tertiary/aromatic N) is 1. The van der Waals surface area contributed by atoms with E-state index in [0.717, 1.165) is 16.8 Å². The average molecular weight is 468 g/mol. The molecule has 3 rings (SSSR count). The molecule has 6 heteroatoms. The lowest BCUT2D eigenvalue weighted by molar-refractivity contribution is -0.156. The molecule has 0 saturated carbocycles. The Labute approximate surface area is 201 Å². The number of hydrogen-bond acceptors (Lipinski definition) is 5. The Morgan fingerprint density at radius 1 is 1.12 bits per heavy atom. The molecule has 1 aliphatic heterocycles. The van der Waals surface area contributed by atoms with Gasteiger partial charge in [0.25, 0.3) is 0 Å². The number of carbonyl (C=O) groups is 2. The summed E-state index contributed by atoms with van der Waals surface area (Å²) in [5.41, 5.74) is 2.54. The maximum atomic E-state index is 13.6. The van der Waals surface area contributed by atoms with Crippen LogP contribution in [-0.2, 0) is 14.3 Å². The Morgan fingerprint density at radius 2 is 1.76 bits per heavy atom. The number of benzene rings is 2. The van der Waals surface area contributed by atoms with Crippen LogP contribution >= 0.6 is 0 Å². The molecule has 0 saturated heterocycles. The number of hydrogen-bond donors (Lipinski definition) is 1. The molecule has 0 aliphatic carbocycles. The summed E-state index contributed by atoms with van der Waals surface area (Å²) in [5.74, 6) is -1.32. The lowest BCUT2D eigenvalue weighted by atomic mass is 9.87. The fraction of sp³-hybridized carbons (Fsp3) is 0.429. The molecule has 0 aromatic heterocycles. The second-order valence-corrected chi connectivity index (χ2v) is 10.0. The quantitative estimate of drug-likeness (QED) is 0.330. The van der Waals surface area contributed by atoms with Crippen molar-refractivity contribution in [1.82, 2.24) is 0 Å². The molecular formula is C28H34FNO4. The minimum Gasteiger partial charge on any atom is -0.460 e. The Hall–Kier alpha value is -2.99. The third-order valence-electron chi connectivity index (χ3n) is 5.73. The molecule has 0 fully saturated rings. The summed E-state index contributed by atoms with van der Waals surface area (Å²) in [5, 5.41) is 10.5. The number of ether oxygens (including phenoxy) is 1. The van der Waals surface area contributed by atoms with Crippen LogP contribution in [0, 0.1) is 5.82 Å². The van der Waals surface area contributed by atoms with Crippen molar-refractivity contribution in [2.24, 2.45) is 0 Å². The summed E-state index contributed by atoms with van der Waals surface area (Å²) in [6.45, 7) is 9.43. The smallest absolute Gasteiger partial charge is 0.313 e. The Kier molecular flexibility index (Phi) is 7.93. The first-order valence-corrected chi connectivity index (χ1v) is 11.7. The summed E-state index contributed by atoms with van der Waals surface area (Å²) in [6.07, 6.45) is 1.97. The van der Waals surface area contributed by atoms with E-state index >= 15 is 0 Å². The number of para-hydroxylation sites is 1. The number of halogens is 1. The van der Waals surface area contributed by atoms with E-state index < -0.39 is 17.7 Å². The number of ketones is 1. The van der Waals surface area contributed by atoms with Gasteiger partial charge in [0.1, 0.15) is 23.6 Å². The van der Waals surface area contributed by atoms with E-state index in [4.69, 9.17) is 4.74 Å².